The van der Waals surface area contributed by atoms with E-state index in [1.165, 1.54) is 0 Å². The highest BCUT2D eigenvalue weighted by molar-refractivity contribution is 7.98. The fourth-order valence-corrected chi connectivity index (χ4v) is 5.37. The number of nitrogens with zero attached hydrogens (tertiary/aromatic N) is 5. The molecular weight excluding hydrogens is 466 g/mol. The molecule has 168 valence electrons. The summed E-state index contributed by atoms with van der Waals surface area (Å²) in [6.45, 7) is 1.94. The van der Waals surface area contributed by atoms with Gasteiger partial charge in [-0.3, -0.25) is 4.40 Å². The topological polar surface area (TPSA) is 78.3 Å². The normalized spacial score (nSPS) is 11.5. The number of hydrogen-bond acceptors (Lipinski definition) is 8. The summed E-state index contributed by atoms with van der Waals surface area (Å²) in [4.78, 5) is 10.7. The molecule has 0 fully saturated rings. The Kier molecular flexibility index (Phi) is 5.27. The minimum absolute atomic E-state index is 0.608. The van der Waals surface area contributed by atoms with Gasteiger partial charge in [0.1, 0.15) is 17.3 Å². The summed E-state index contributed by atoms with van der Waals surface area (Å²) in [7, 11) is 1.66. The monoisotopic (exact) mass is 485 g/mol. The van der Waals surface area contributed by atoms with E-state index in [9.17, 15) is 0 Å². The molecule has 0 radical (unpaired) electrons. The molecular formula is C25H19N5O2S2. The Morgan fingerprint density at radius 3 is 2.65 bits per heavy atom. The lowest BCUT2D eigenvalue weighted by Crippen LogP contribution is -2.00. The Morgan fingerprint density at radius 2 is 1.85 bits per heavy atom. The first kappa shape index (κ1) is 20.9. The smallest absolute Gasteiger partial charge is 0.236 e. The Bertz CT molecular complexity index is 1600. The molecule has 0 saturated carbocycles. The lowest BCUT2D eigenvalue weighted by Gasteiger charge is -2.10. The molecule has 9 heteroatoms. The number of aromatic nitrogens is 5. The lowest BCUT2D eigenvalue weighted by atomic mass is 10.1. The zero-order valence-corrected chi connectivity index (χ0v) is 20.1. The van der Waals surface area contributed by atoms with Crippen LogP contribution in [-0.2, 0) is 5.75 Å². The quantitative estimate of drug-likeness (QED) is 0.257. The van der Waals surface area contributed by atoms with Gasteiger partial charge in [-0.05, 0) is 54.8 Å². The van der Waals surface area contributed by atoms with Crippen LogP contribution in [0.25, 0.3) is 38.7 Å². The summed E-state index contributed by atoms with van der Waals surface area (Å²) >= 11 is 3.18. The van der Waals surface area contributed by atoms with Crippen molar-refractivity contribution >= 4 is 39.6 Å². The standard InChI is InChI=1S/C25H19N5O2S2/c1-15-20(27-24(32-15)21-8-5-13-33-21)14-34-25-29-28-23-18-6-3-4-7-19(18)26-22(30(23)25)16-9-11-17(31-2)12-10-16/h3-13H,14H2,1-2H3. The number of aryl methyl sites for hydroxylation is 1. The predicted molar refractivity (Wildman–Crippen MR) is 134 cm³/mol. The van der Waals surface area contributed by atoms with Crippen molar-refractivity contribution in [2.24, 2.45) is 0 Å². The number of oxazole rings is 1. The van der Waals surface area contributed by atoms with Crippen molar-refractivity contribution in [3.05, 3.63) is 77.5 Å². The minimum Gasteiger partial charge on any atom is -0.497 e. The van der Waals surface area contributed by atoms with Crippen LogP contribution in [-0.4, -0.2) is 31.7 Å². The molecule has 0 aliphatic heterocycles. The van der Waals surface area contributed by atoms with Gasteiger partial charge in [-0.15, -0.1) is 21.5 Å². The maximum absolute atomic E-state index is 5.91. The van der Waals surface area contributed by atoms with Gasteiger partial charge >= 0.3 is 0 Å². The molecule has 4 aromatic heterocycles. The Balaban J connectivity index is 1.42. The third-order valence-corrected chi connectivity index (χ3v) is 7.33. The van der Waals surface area contributed by atoms with E-state index < -0.39 is 0 Å². The molecule has 4 heterocycles. The first-order valence-electron chi connectivity index (χ1n) is 10.6. The fraction of sp³-hybridized carbons (Fsp3) is 0.120. The number of rotatable bonds is 6. The van der Waals surface area contributed by atoms with Crippen LogP contribution in [0.1, 0.15) is 11.5 Å². The molecule has 0 aliphatic rings. The number of thioether (sulfide) groups is 1. The second kappa shape index (κ2) is 8.58. The Hall–Kier alpha value is -3.69. The predicted octanol–water partition coefficient (Wildman–Crippen LogP) is 6.27. The summed E-state index contributed by atoms with van der Waals surface area (Å²) in [5.74, 6) is 3.64. The average Bonchev–Trinajstić information content (AvgIpc) is 3.63. The van der Waals surface area contributed by atoms with Crippen molar-refractivity contribution in [3.8, 4) is 27.9 Å². The summed E-state index contributed by atoms with van der Waals surface area (Å²) < 4.78 is 13.3. The molecule has 0 bridgehead atoms. The van der Waals surface area contributed by atoms with Gasteiger partial charge in [0.15, 0.2) is 10.8 Å². The van der Waals surface area contributed by atoms with Gasteiger partial charge < -0.3 is 9.15 Å². The van der Waals surface area contributed by atoms with Crippen LogP contribution in [0, 0.1) is 6.92 Å². The maximum atomic E-state index is 5.91. The SMILES string of the molecule is COc1ccc(-c2nc3ccccc3c3nnc(SCc4nc(-c5cccs5)oc4C)n23)cc1. The third-order valence-electron chi connectivity index (χ3n) is 5.53. The highest BCUT2D eigenvalue weighted by atomic mass is 32.2. The summed E-state index contributed by atoms with van der Waals surface area (Å²) in [6, 6.07) is 19.9. The van der Waals surface area contributed by atoms with E-state index in [1.807, 2.05) is 77.4 Å². The van der Waals surface area contributed by atoms with Crippen LogP contribution in [0.4, 0.5) is 0 Å². The number of thiophene rings is 1. The zero-order chi connectivity index (χ0) is 23.1. The number of benzene rings is 2. The molecule has 6 aromatic rings. The largest absolute Gasteiger partial charge is 0.497 e. The molecule has 0 saturated heterocycles. The Labute approximate surface area is 203 Å². The maximum Gasteiger partial charge on any atom is 0.236 e. The van der Waals surface area contributed by atoms with Gasteiger partial charge in [-0.25, -0.2) is 9.97 Å². The average molecular weight is 486 g/mol. The Morgan fingerprint density at radius 1 is 1.00 bits per heavy atom. The van der Waals surface area contributed by atoms with Crippen LogP contribution >= 0.6 is 23.1 Å². The molecule has 0 atom stereocenters. The van der Waals surface area contributed by atoms with Crippen LogP contribution in [0.5, 0.6) is 5.75 Å². The van der Waals surface area contributed by atoms with E-state index in [-0.39, 0.29) is 0 Å². The molecule has 2 aromatic carbocycles. The molecule has 0 unspecified atom stereocenters. The second-order valence-corrected chi connectivity index (χ2v) is 9.50. The highest BCUT2D eigenvalue weighted by Gasteiger charge is 2.19. The number of hydrogen-bond donors (Lipinski definition) is 0. The molecule has 0 aliphatic carbocycles. The minimum atomic E-state index is 0.608. The second-order valence-electron chi connectivity index (χ2n) is 7.61. The van der Waals surface area contributed by atoms with E-state index in [1.54, 1.807) is 30.2 Å². The first-order chi connectivity index (χ1) is 16.7. The van der Waals surface area contributed by atoms with Crippen molar-refractivity contribution in [2.75, 3.05) is 7.11 Å². The molecule has 34 heavy (non-hydrogen) atoms. The highest BCUT2D eigenvalue weighted by Crippen LogP contribution is 2.32. The van der Waals surface area contributed by atoms with E-state index in [4.69, 9.17) is 19.1 Å². The van der Waals surface area contributed by atoms with E-state index >= 15 is 0 Å². The van der Waals surface area contributed by atoms with Crippen LogP contribution in [0.3, 0.4) is 0 Å². The van der Waals surface area contributed by atoms with Gasteiger partial charge in [0.05, 0.1) is 23.2 Å². The number of ether oxygens (including phenoxy) is 1. The van der Waals surface area contributed by atoms with Crippen molar-refractivity contribution < 1.29 is 9.15 Å². The molecule has 7 nitrogen and oxygen atoms in total. The zero-order valence-electron chi connectivity index (χ0n) is 18.4. The van der Waals surface area contributed by atoms with Gasteiger partial charge in [0, 0.05) is 16.7 Å². The number of para-hydroxylation sites is 1. The van der Waals surface area contributed by atoms with Gasteiger partial charge in [-0.2, -0.15) is 0 Å². The van der Waals surface area contributed by atoms with Crippen molar-refractivity contribution in [1.82, 2.24) is 24.6 Å². The summed E-state index contributed by atoms with van der Waals surface area (Å²) in [5, 5.41) is 12.8. The number of fused-ring (bicyclic) bond motifs is 3. The molecule has 0 spiro atoms. The summed E-state index contributed by atoms with van der Waals surface area (Å²) in [6.07, 6.45) is 0. The summed E-state index contributed by atoms with van der Waals surface area (Å²) in [5.41, 5.74) is 3.49. The van der Waals surface area contributed by atoms with Gasteiger partial charge in [0.2, 0.25) is 5.89 Å². The third kappa shape index (κ3) is 3.63. The van der Waals surface area contributed by atoms with Crippen molar-refractivity contribution in [2.45, 2.75) is 17.8 Å². The molecule has 0 amide bonds. The van der Waals surface area contributed by atoms with E-state index in [0.29, 0.717) is 11.6 Å². The van der Waals surface area contributed by atoms with Crippen LogP contribution in [0.2, 0.25) is 0 Å². The van der Waals surface area contributed by atoms with E-state index in [2.05, 4.69) is 10.2 Å². The first-order valence-corrected chi connectivity index (χ1v) is 12.5. The van der Waals surface area contributed by atoms with Crippen molar-refractivity contribution in [3.63, 3.8) is 0 Å². The van der Waals surface area contributed by atoms with Gasteiger partial charge in [-0.1, -0.05) is 30.0 Å². The molecule has 0 N–H and O–H groups in total. The van der Waals surface area contributed by atoms with Crippen LogP contribution in [0.15, 0.2) is 75.6 Å². The van der Waals surface area contributed by atoms with Crippen molar-refractivity contribution in [1.29, 1.82) is 0 Å². The van der Waals surface area contributed by atoms with E-state index in [0.717, 1.165) is 55.2 Å². The van der Waals surface area contributed by atoms with Crippen LogP contribution < -0.4 is 4.74 Å². The lowest BCUT2D eigenvalue weighted by molar-refractivity contribution is 0.415. The fourth-order valence-electron chi connectivity index (χ4n) is 3.79. The van der Waals surface area contributed by atoms with Gasteiger partial charge in [0.25, 0.3) is 0 Å². The number of methoxy groups -OCH3 is 1. The molecule has 6 rings (SSSR count).